The fraction of sp³-hybridized carbons (Fsp3) is 0.588. The number of thiazole rings is 1. The number of nitrogens with one attached hydrogen (secondary N) is 1. The van der Waals surface area contributed by atoms with Crippen LogP contribution in [0.2, 0.25) is 5.02 Å². The smallest absolute Gasteiger partial charge is 0.184 e. The molecule has 114 valence electrons. The molecule has 1 aromatic heterocycles. The van der Waals surface area contributed by atoms with Crippen LogP contribution in [0.25, 0.3) is 10.2 Å². The first-order chi connectivity index (χ1) is 9.74. The second-order valence-corrected chi connectivity index (χ2v) is 9.27. The number of rotatable bonds is 2. The highest BCUT2D eigenvalue weighted by molar-refractivity contribution is 7.22. The lowest BCUT2D eigenvalue weighted by atomic mass is 9.63. The van der Waals surface area contributed by atoms with Gasteiger partial charge < -0.3 is 5.32 Å². The Morgan fingerprint density at radius 1 is 1.19 bits per heavy atom. The summed E-state index contributed by atoms with van der Waals surface area (Å²) in [5.74, 6) is 0. The van der Waals surface area contributed by atoms with E-state index in [2.05, 4.69) is 38.0 Å². The molecule has 0 bridgehead atoms. The van der Waals surface area contributed by atoms with Crippen molar-refractivity contribution in [3.63, 3.8) is 0 Å². The molecular formula is C17H23ClN2S. The molecule has 0 atom stereocenters. The predicted molar refractivity (Wildman–Crippen MR) is 93.5 cm³/mol. The van der Waals surface area contributed by atoms with Gasteiger partial charge in [0.15, 0.2) is 5.13 Å². The molecule has 1 aliphatic rings. The van der Waals surface area contributed by atoms with Crippen LogP contribution in [0.3, 0.4) is 0 Å². The third-order valence-electron chi connectivity index (χ3n) is 4.25. The Balaban J connectivity index is 1.83. The quantitative estimate of drug-likeness (QED) is 0.737. The summed E-state index contributed by atoms with van der Waals surface area (Å²) in [6, 6.07) is 6.40. The van der Waals surface area contributed by atoms with Crippen molar-refractivity contribution in [2.75, 3.05) is 5.32 Å². The van der Waals surface area contributed by atoms with E-state index in [4.69, 9.17) is 11.6 Å². The van der Waals surface area contributed by atoms with E-state index in [1.807, 2.05) is 18.2 Å². The van der Waals surface area contributed by atoms with E-state index in [1.54, 1.807) is 11.3 Å². The van der Waals surface area contributed by atoms with Crippen molar-refractivity contribution in [2.24, 2.45) is 10.8 Å². The number of hydrogen-bond acceptors (Lipinski definition) is 3. The molecule has 1 aromatic carbocycles. The van der Waals surface area contributed by atoms with E-state index in [0.29, 0.717) is 16.9 Å². The maximum atomic E-state index is 6.25. The number of fused-ring (bicyclic) bond motifs is 1. The highest BCUT2D eigenvalue weighted by Gasteiger charge is 2.38. The fourth-order valence-corrected chi connectivity index (χ4v) is 5.33. The predicted octanol–water partition coefficient (Wildman–Crippen LogP) is 5.97. The van der Waals surface area contributed by atoms with Gasteiger partial charge in [-0.15, -0.1) is 0 Å². The number of aromatic nitrogens is 1. The van der Waals surface area contributed by atoms with Crippen LogP contribution in [0.5, 0.6) is 0 Å². The SMILES string of the molecule is CC1(C)CC(Nc2nc3cccc(Cl)c3s2)CC(C)(C)C1. The Bertz CT molecular complexity index is 644. The van der Waals surface area contributed by atoms with Crippen LogP contribution >= 0.6 is 22.9 Å². The highest BCUT2D eigenvalue weighted by Crippen LogP contribution is 2.46. The van der Waals surface area contributed by atoms with Gasteiger partial charge in [0.1, 0.15) is 0 Å². The lowest BCUT2D eigenvalue weighted by Crippen LogP contribution is -2.40. The van der Waals surface area contributed by atoms with Crippen LogP contribution in [-0.4, -0.2) is 11.0 Å². The third-order valence-corrected chi connectivity index (χ3v) is 5.71. The molecule has 0 saturated heterocycles. The molecule has 3 rings (SSSR count). The molecule has 1 N–H and O–H groups in total. The standard InChI is InChI=1S/C17H23ClN2S/c1-16(2)8-11(9-17(3,4)10-16)19-15-20-13-7-5-6-12(18)14(13)21-15/h5-7,11H,8-10H2,1-4H3,(H,19,20). The molecule has 1 saturated carbocycles. The lowest BCUT2D eigenvalue weighted by molar-refractivity contribution is 0.105. The van der Waals surface area contributed by atoms with E-state index in [9.17, 15) is 0 Å². The molecule has 2 aromatic rings. The number of nitrogens with zero attached hydrogens (tertiary/aromatic N) is 1. The van der Waals surface area contributed by atoms with Gasteiger partial charge in [-0.1, -0.05) is 56.7 Å². The van der Waals surface area contributed by atoms with Gasteiger partial charge in [0.05, 0.1) is 15.2 Å². The van der Waals surface area contributed by atoms with Crippen molar-refractivity contribution in [3.05, 3.63) is 23.2 Å². The number of halogens is 1. The Morgan fingerprint density at radius 3 is 2.48 bits per heavy atom. The van der Waals surface area contributed by atoms with Crippen molar-refractivity contribution >= 4 is 38.3 Å². The second kappa shape index (κ2) is 5.13. The molecule has 0 amide bonds. The summed E-state index contributed by atoms with van der Waals surface area (Å²) in [5, 5.41) is 5.45. The van der Waals surface area contributed by atoms with E-state index in [1.165, 1.54) is 19.3 Å². The number of benzene rings is 1. The van der Waals surface area contributed by atoms with E-state index >= 15 is 0 Å². The van der Waals surface area contributed by atoms with Crippen molar-refractivity contribution in [1.82, 2.24) is 4.98 Å². The zero-order chi connectivity index (χ0) is 15.3. The normalized spacial score (nSPS) is 21.6. The maximum Gasteiger partial charge on any atom is 0.184 e. The fourth-order valence-electron chi connectivity index (χ4n) is 4.10. The van der Waals surface area contributed by atoms with Gasteiger partial charge in [-0.05, 0) is 42.2 Å². The van der Waals surface area contributed by atoms with Gasteiger partial charge in [0.25, 0.3) is 0 Å². The molecule has 0 spiro atoms. The van der Waals surface area contributed by atoms with E-state index < -0.39 is 0 Å². The zero-order valence-corrected chi connectivity index (χ0v) is 14.7. The summed E-state index contributed by atoms with van der Waals surface area (Å²) in [7, 11) is 0. The van der Waals surface area contributed by atoms with Gasteiger partial charge in [0, 0.05) is 6.04 Å². The largest absolute Gasteiger partial charge is 0.359 e. The third kappa shape index (κ3) is 3.35. The van der Waals surface area contributed by atoms with Crippen LogP contribution in [-0.2, 0) is 0 Å². The van der Waals surface area contributed by atoms with Gasteiger partial charge in [-0.25, -0.2) is 4.98 Å². The molecule has 1 fully saturated rings. The molecule has 0 radical (unpaired) electrons. The minimum atomic E-state index is 0.383. The minimum absolute atomic E-state index is 0.383. The van der Waals surface area contributed by atoms with E-state index in [0.717, 1.165) is 20.4 Å². The molecule has 1 heterocycles. The molecule has 0 aliphatic heterocycles. The summed E-state index contributed by atoms with van der Waals surface area (Å²) < 4.78 is 1.08. The summed E-state index contributed by atoms with van der Waals surface area (Å²) in [6.45, 7) is 9.49. The highest BCUT2D eigenvalue weighted by atomic mass is 35.5. The first-order valence-electron chi connectivity index (χ1n) is 7.56. The molecule has 1 aliphatic carbocycles. The van der Waals surface area contributed by atoms with Gasteiger partial charge in [0.2, 0.25) is 0 Å². The van der Waals surface area contributed by atoms with Gasteiger partial charge >= 0.3 is 0 Å². The molecule has 2 nitrogen and oxygen atoms in total. The molecule has 21 heavy (non-hydrogen) atoms. The Labute approximate surface area is 135 Å². The Morgan fingerprint density at radius 2 is 1.86 bits per heavy atom. The summed E-state index contributed by atoms with van der Waals surface area (Å²) in [5.41, 5.74) is 1.76. The lowest BCUT2D eigenvalue weighted by Gasteiger charge is -2.45. The van der Waals surface area contributed by atoms with Crippen molar-refractivity contribution in [2.45, 2.75) is 53.0 Å². The van der Waals surface area contributed by atoms with Crippen LogP contribution < -0.4 is 5.32 Å². The topological polar surface area (TPSA) is 24.9 Å². The van der Waals surface area contributed by atoms with Crippen molar-refractivity contribution in [3.8, 4) is 0 Å². The zero-order valence-electron chi connectivity index (χ0n) is 13.2. The second-order valence-electron chi connectivity index (χ2n) is 7.86. The maximum absolute atomic E-state index is 6.25. The molecular weight excluding hydrogens is 300 g/mol. The average molecular weight is 323 g/mol. The average Bonchev–Trinajstić information content (AvgIpc) is 2.68. The minimum Gasteiger partial charge on any atom is -0.359 e. The van der Waals surface area contributed by atoms with Crippen molar-refractivity contribution in [1.29, 1.82) is 0 Å². The van der Waals surface area contributed by atoms with Crippen LogP contribution in [0.4, 0.5) is 5.13 Å². The van der Waals surface area contributed by atoms with Gasteiger partial charge in [-0.2, -0.15) is 0 Å². The first kappa shape index (κ1) is 15.1. The summed E-state index contributed by atoms with van der Waals surface area (Å²) in [6.07, 6.45) is 3.67. The first-order valence-corrected chi connectivity index (χ1v) is 8.75. The van der Waals surface area contributed by atoms with Crippen LogP contribution in [0.1, 0.15) is 47.0 Å². The Kier molecular flexibility index (Phi) is 3.69. The number of anilines is 1. The van der Waals surface area contributed by atoms with Gasteiger partial charge in [-0.3, -0.25) is 0 Å². The van der Waals surface area contributed by atoms with Crippen molar-refractivity contribution < 1.29 is 0 Å². The summed E-state index contributed by atoms with van der Waals surface area (Å²) >= 11 is 7.91. The monoisotopic (exact) mass is 322 g/mol. The number of hydrogen-bond donors (Lipinski definition) is 1. The van der Waals surface area contributed by atoms with Crippen LogP contribution in [0, 0.1) is 10.8 Å². The van der Waals surface area contributed by atoms with Crippen LogP contribution in [0.15, 0.2) is 18.2 Å². The molecule has 4 heteroatoms. The summed E-state index contributed by atoms with van der Waals surface area (Å²) in [4.78, 5) is 4.69. The van der Waals surface area contributed by atoms with E-state index in [-0.39, 0.29) is 0 Å². The Hall–Kier alpha value is -0.800. The molecule has 0 unspecified atom stereocenters.